The van der Waals surface area contributed by atoms with Gasteiger partial charge in [-0.3, -0.25) is 4.79 Å². The summed E-state index contributed by atoms with van der Waals surface area (Å²) in [6.45, 7) is 2.94. The van der Waals surface area contributed by atoms with Gasteiger partial charge in [0.25, 0.3) is 0 Å². The van der Waals surface area contributed by atoms with Crippen molar-refractivity contribution < 1.29 is 4.79 Å². The minimum atomic E-state index is 0.181. The van der Waals surface area contributed by atoms with Crippen LogP contribution < -0.4 is 0 Å². The molecule has 102 valence electrons. The molecule has 1 aliphatic carbocycles. The van der Waals surface area contributed by atoms with Crippen molar-refractivity contribution >= 4 is 11.9 Å². The van der Waals surface area contributed by atoms with Gasteiger partial charge in [-0.25, -0.2) is 0 Å². The SMILES string of the molecule is Cc1ccc(/C=C2\CCCC(CN(C)C)C2=O)cc1. The predicted molar refractivity (Wildman–Crippen MR) is 80.1 cm³/mol. The van der Waals surface area contributed by atoms with E-state index in [-0.39, 0.29) is 5.92 Å². The number of allylic oxidation sites excluding steroid dienone is 1. The van der Waals surface area contributed by atoms with Crippen molar-refractivity contribution in [3.05, 3.63) is 41.0 Å². The molecule has 1 unspecified atom stereocenters. The van der Waals surface area contributed by atoms with Gasteiger partial charge < -0.3 is 4.90 Å². The highest BCUT2D eigenvalue weighted by atomic mass is 16.1. The first kappa shape index (κ1) is 14.0. The summed E-state index contributed by atoms with van der Waals surface area (Å²) in [6, 6.07) is 8.37. The number of Topliss-reactive ketones (excluding diaryl/α,β-unsaturated/α-hetero) is 1. The lowest BCUT2D eigenvalue weighted by atomic mass is 9.83. The minimum absolute atomic E-state index is 0.181. The fourth-order valence-corrected chi connectivity index (χ4v) is 2.68. The molecular weight excluding hydrogens is 234 g/mol. The topological polar surface area (TPSA) is 20.3 Å². The molecule has 1 fully saturated rings. The van der Waals surface area contributed by atoms with Crippen molar-refractivity contribution in [3.8, 4) is 0 Å². The van der Waals surface area contributed by atoms with Crippen LogP contribution in [-0.4, -0.2) is 31.3 Å². The molecule has 0 N–H and O–H groups in total. The van der Waals surface area contributed by atoms with Gasteiger partial charge in [0.15, 0.2) is 5.78 Å². The van der Waals surface area contributed by atoms with Crippen molar-refractivity contribution in [3.63, 3.8) is 0 Å². The highest BCUT2D eigenvalue weighted by Crippen LogP contribution is 2.27. The van der Waals surface area contributed by atoms with Crippen LogP contribution in [0.15, 0.2) is 29.8 Å². The molecule has 0 bridgehead atoms. The molecule has 1 atom stereocenters. The van der Waals surface area contributed by atoms with Crippen LogP contribution in [-0.2, 0) is 4.79 Å². The van der Waals surface area contributed by atoms with Gasteiger partial charge >= 0.3 is 0 Å². The average Bonchev–Trinajstić information content (AvgIpc) is 2.36. The molecule has 0 amide bonds. The molecule has 1 aliphatic rings. The van der Waals surface area contributed by atoms with Crippen LogP contribution >= 0.6 is 0 Å². The van der Waals surface area contributed by atoms with E-state index >= 15 is 0 Å². The lowest BCUT2D eigenvalue weighted by Gasteiger charge is -2.25. The van der Waals surface area contributed by atoms with Gasteiger partial charge in [-0.15, -0.1) is 0 Å². The molecule has 2 rings (SSSR count). The van der Waals surface area contributed by atoms with Crippen molar-refractivity contribution in [1.29, 1.82) is 0 Å². The fraction of sp³-hybridized carbons (Fsp3) is 0.471. The zero-order valence-electron chi connectivity index (χ0n) is 12.1. The Labute approximate surface area is 116 Å². The molecule has 0 saturated heterocycles. The van der Waals surface area contributed by atoms with Crippen molar-refractivity contribution in [2.45, 2.75) is 26.2 Å². The predicted octanol–water partition coefficient (Wildman–Crippen LogP) is 3.31. The normalized spacial score (nSPS) is 22.2. The van der Waals surface area contributed by atoms with E-state index in [1.807, 2.05) is 14.1 Å². The number of hydrogen-bond donors (Lipinski definition) is 0. The Bertz CT molecular complexity index is 471. The summed E-state index contributed by atoms with van der Waals surface area (Å²) in [5.41, 5.74) is 3.39. The van der Waals surface area contributed by atoms with Gasteiger partial charge in [0.2, 0.25) is 0 Å². The number of rotatable bonds is 3. The van der Waals surface area contributed by atoms with Crippen LogP contribution in [0, 0.1) is 12.8 Å². The van der Waals surface area contributed by atoms with Crippen LogP contribution in [0.3, 0.4) is 0 Å². The first-order valence-corrected chi connectivity index (χ1v) is 7.02. The van der Waals surface area contributed by atoms with Gasteiger partial charge in [0.1, 0.15) is 0 Å². The smallest absolute Gasteiger partial charge is 0.163 e. The number of carbonyl (C=O) groups excluding carboxylic acids is 1. The minimum Gasteiger partial charge on any atom is -0.309 e. The number of benzene rings is 1. The van der Waals surface area contributed by atoms with E-state index in [4.69, 9.17) is 0 Å². The molecule has 2 heteroatoms. The van der Waals surface area contributed by atoms with E-state index in [9.17, 15) is 4.79 Å². The molecule has 0 spiro atoms. The van der Waals surface area contributed by atoms with Gasteiger partial charge in [0.05, 0.1) is 0 Å². The Hall–Kier alpha value is -1.41. The highest BCUT2D eigenvalue weighted by molar-refractivity contribution is 6.01. The van der Waals surface area contributed by atoms with Crippen LogP contribution in [0.4, 0.5) is 0 Å². The zero-order chi connectivity index (χ0) is 13.8. The number of nitrogens with zero attached hydrogens (tertiary/aromatic N) is 1. The van der Waals surface area contributed by atoms with E-state index in [0.717, 1.165) is 36.9 Å². The maximum Gasteiger partial charge on any atom is 0.163 e. The van der Waals surface area contributed by atoms with E-state index in [2.05, 4.69) is 42.2 Å². The monoisotopic (exact) mass is 257 g/mol. The molecule has 19 heavy (non-hydrogen) atoms. The van der Waals surface area contributed by atoms with Crippen LogP contribution in [0.5, 0.6) is 0 Å². The third kappa shape index (κ3) is 3.77. The van der Waals surface area contributed by atoms with Crippen LogP contribution in [0.25, 0.3) is 6.08 Å². The van der Waals surface area contributed by atoms with E-state index in [1.54, 1.807) is 0 Å². The van der Waals surface area contributed by atoms with Gasteiger partial charge in [-0.05, 0) is 57.5 Å². The number of hydrogen-bond acceptors (Lipinski definition) is 2. The van der Waals surface area contributed by atoms with E-state index < -0.39 is 0 Å². The highest BCUT2D eigenvalue weighted by Gasteiger charge is 2.26. The molecule has 1 aromatic carbocycles. The lowest BCUT2D eigenvalue weighted by Crippen LogP contribution is -2.31. The molecule has 1 saturated carbocycles. The Morgan fingerprint density at radius 1 is 1.26 bits per heavy atom. The number of ketones is 1. The second kappa shape index (κ2) is 6.16. The second-order valence-corrected chi connectivity index (χ2v) is 5.80. The molecule has 0 radical (unpaired) electrons. The van der Waals surface area contributed by atoms with Gasteiger partial charge in [-0.1, -0.05) is 29.8 Å². The summed E-state index contributed by atoms with van der Waals surface area (Å²) < 4.78 is 0. The Morgan fingerprint density at radius 3 is 2.58 bits per heavy atom. The van der Waals surface area contributed by atoms with Crippen LogP contribution in [0.2, 0.25) is 0 Å². The number of aryl methyl sites for hydroxylation is 1. The molecule has 0 aromatic heterocycles. The van der Waals surface area contributed by atoms with Crippen LogP contribution in [0.1, 0.15) is 30.4 Å². The second-order valence-electron chi connectivity index (χ2n) is 5.80. The summed E-state index contributed by atoms with van der Waals surface area (Å²) >= 11 is 0. The van der Waals surface area contributed by atoms with E-state index in [0.29, 0.717) is 5.78 Å². The summed E-state index contributed by atoms with van der Waals surface area (Å²) in [6.07, 6.45) is 5.16. The quantitative estimate of drug-likeness (QED) is 0.774. The van der Waals surface area contributed by atoms with Crippen molar-refractivity contribution in [2.24, 2.45) is 5.92 Å². The lowest BCUT2D eigenvalue weighted by molar-refractivity contribution is -0.120. The molecule has 1 aromatic rings. The zero-order valence-corrected chi connectivity index (χ0v) is 12.1. The maximum atomic E-state index is 12.4. The first-order chi connectivity index (χ1) is 9.06. The van der Waals surface area contributed by atoms with Gasteiger partial charge in [-0.2, -0.15) is 0 Å². The van der Waals surface area contributed by atoms with Crippen molar-refractivity contribution in [2.75, 3.05) is 20.6 Å². The third-order valence-electron chi connectivity index (χ3n) is 3.69. The third-order valence-corrected chi connectivity index (χ3v) is 3.69. The summed E-state index contributed by atoms with van der Waals surface area (Å²) in [5, 5.41) is 0. The summed E-state index contributed by atoms with van der Waals surface area (Å²) in [5.74, 6) is 0.529. The summed E-state index contributed by atoms with van der Waals surface area (Å²) in [7, 11) is 4.07. The summed E-state index contributed by atoms with van der Waals surface area (Å²) in [4.78, 5) is 14.5. The Kier molecular flexibility index (Phi) is 4.54. The molecule has 0 aliphatic heterocycles. The Balaban J connectivity index is 2.14. The first-order valence-electron chi connectivity index (χ1n) is 7.02. The molecular formula is C17H23NO. The van der Waals surface area contributed by atoms with Crippen molar-refractivity contribution in [1.82, 2.24) is 4.90 Å². The maximum absolute atomic E-state index is 12.4. The Morgan fingerprint density at radius 2 is 1.95 bits per heavy atom. The standard InChI is InChI=1S/C17H23NO/c1-13-7-9-14(10-8-13)11-15-5-4-6-16(17(15)19)12-18(2)3/h7-11,16H,4-6,12H2,1-3H3/b15-11+. The van der Waals surface area contributed by atoms with Gasteiger partial charge in [0, 0.05) is 12.5 Å². The average molecular weight is 257 g/mol. The van der Waals surface area contributed by atoms with E-state index in [1.165, 1.54) is 5.56 Å². The number of carbonyl (C=O) groups is 1. The fourth-order valence-electron chi connectivity index (χ4n) is 2.68. The largest absolute Gasteiger partial charge is 0.309 e. The molecule has 2 nitrogen and oxygen atoms in total. The molecule has 0 heterocycles.